The zero-order valence-corrected chi connectivity index (χ0v) is 20.6. The first-order valence-corrected chi connectivity index (χ1v) is 12.4. The zero-order valence-electron chi connectivity index (χ0n) is 19.0. The predicted octanol–water partition coefficient (Wildman–Crippen LogP) is 5.89. The van der Waals surface area contributed by atoms with E-state index < -0.39 is 11.4 Å². The Morgan fingerprint density at radius 1 is 1.12 bits per heavy atom. The van der Waals surface area contributed by atoms with Gasteiger partial charge in [0.25, 0.3) is 0 Å². The lowest BCUT2D eigenvalue weighted by Gasteiger charge is -2.26. The van der Waals surface area contributed by atoms with Gasteiger partial charge in [-0.25, -0.2) is 4.79 Å². The molecule has 0 spiro atoms. The first-order chi connectivity index (χ1) is 15.2. The van der Waals surface area contributed by atoms with E-state index in [4.69, 9.17) is 9.47 Å². The minimum absolute atomic E-state index is 0.141. The van der Waals surface area contributed by atoms with E-state index in [9.17, 15) is 9.35 Å². The van der Waals surface area contributed by atoms with Gasteiger partial charge in [-0.2, -0.15) is 0 Å². The second-order valence-corrected chi connectivity index (χ2v) is 11.4. The van der Waals surface area contributed by atoms with Crippen molar-refractivity contribution < 1.29 is 18.8 Å². The molecule has 0 fully saturated rings. The van der Waals surface area contributed by atoms with Crippen molar-refractivity contribution in [3.63, 3.8) is 0 Å². The second-order valence-electron chi connectivity index (χ2n) is 8.48. The fourth-order valence-electron chi connectivity index (χ4n) is 2.95. The van der Waals surface area contributed by atoms with Gasteiger partial charge in [0.15, 0.2) is 0 Å². The second kappa shape index (κ2) is 10.5. The van der Waals surface area contributed by atoms with Crippen molar-refractivity contribution in [1.29, 1.82) is 0 Å². The van der Waals surface area contributed by atoms with E-state index in [0.717, 1.165) is 22.3 Å². The molecule has 0 saturated carbocycles. The number of thiophene rings is 1. The van der Waals surface area contributed by atoms with Crippen molar-refractivity contribution in [2.45, 2.75) is 45.1 Å². The largest absolute Gasteiger partial charge is 0.598 e. The lowest BCUT2D eigenvalue weighted by Crippen LogP contribution is -2.40. The third-order valence-electron chi connectivity index (χ3n) is 4.85. The zero-order chi connectivity index (χ0) is 23.3. The molecule has 2 aromatic carbocycles. The number of methoxy groups -OCH3 is 1. The van der Waals surface area contributed by atoms with Crippen LogP contribution >= 0.6 is 11.3 Å². The van der Waals surface area contributed by atoms with Gasteiger partial charge in [-0.3, -0.25) is 0 Å². The topological polar surface area (TPSA) is 70.6 Å². The first-order valence-electron chi connectivity index (χ1n) is 10.3. The minimum atomic E-state index is -1.20. The van der Waals surface area contributed by atoms with Crippen molar-refractivity contribution in [2.75, 3.05) is 7.11 Å². The van der Waals surface area contributed by atoms with E-state index >= 15 is 0 Å². The Kier molecular flexibility index (Phi) is 8.00. The summed E-state index contributed by atoms with van der Waals surface area (Å²) < 4.78 is 26.3. The van der Waals surface area contributed by atoms with Crippen LogP contribution in [-0.4, -0.2) is 22.4 Å². The van der Waals surface area contributed by atoms with E-state index in [1.54, 1.807) is 7.11 Å². The van der Waals surface area contributed by atoms with Crippen molar-refractivity contribution in [3.8, 4) is 16.9 Å². The summed E-state index contributed by atoms with van der Waals surface area (Å²) in [6.07, 6.45) is 0. The van der Waals surface area contributed by atoms with Gasteiger partial charge in [0, 0.05) is 11.4 Å². The number of nitrogens with one attached hydrogen (secondary N) is 1. The van der Waals surface area contributed by atoms with Crippen LogP contribution in [0.5, 0.6) is 5.75 Å². The summed E-state index contributed by atoms with van der Waals surface area (Å²) in [7, 11) is 1.62. The molecule has 5 nitrogen and oxygen atoms in total. The molecule has 0 aliphatic carbocycles. The van der Waals surface area contributed by atoms with E-state index in [0.29, 0.717) is 10.6 Å². The van der Waals surface area contributed by atoms with Crippen molar-refractivity contribution in [1.82, 2.24) is 4.72 Å². The van der Waals surface area contributed by atoms with Crippen LogP contribution < -0.4 is 9.46 Å². The molecule has 32 heavy (non-hydrogen) atoms. The van der Waals surface area contributed by atoms with Crippen LogP contribution in [0.1, 0.15) is 54.5 Å². The van der Waals surface area contributed by atoms with Crippen LogP contribution in [0.25, 0.3) is 11.1 Å². The number of ether oxygens (including phenoxy) is 2. The number of carbonyl (C=O) groups excluding carboxylic acids is 1. The molecule has 0 radical (unpaired) electrons. The van der Waals surface area contributed by atoms with E-state index in [1.165, 1.54) is 11.3 Å². The molecule has 0 unspecified atom stereocenters. The summed E-state index contributed by atoms with van der Waals surface area (Å²) in [4.78, 5) is 13.0. The van der Waals surface area contributed by atoms with Gasteiger partial charge in [0.05, 0.1) is 13.2 Å². The summed E-state index contributed by atoms with van der Waals surface area (Å²) in [5, 5.41) is 1.93. The monoisotopic (exact) mass is 471 g/mol. The summed E-state index contributed by atoms with van der Waals surface area (Å²) in [5.74, 6) is 0.357. The lowest BCUT2D eigenvalue weighted by atomic mass is 10.0. The van der Waals surface area contributed by atoms with Crippen LogP contribution in [0.3, 0.4) is 0 Å². The normalized spacial score (nSPS) is 13.4. The van der Waals surface area contributed by atoms with E-state index in [1.807, 2.05) is 87.7 Å². The number of benzene rings is 2. The molecule has 3 rings (SSSR count). The highest BCUT2D eigenvalue weighted by Crippen LogP contribution is 2.32. The molecule has 3 aromatic rings. The Labute approximate surface area is 197 Å². The fraction of sp³-hybridized carbons (Fsp3) is 0.320. The van der Waals surface area contributed by atoms with Gasteiger partial charge >= 0.3 is 5.97 Å². The third kappa shape index (κ3) is 6.36. The molecule has 7 heteroatoms. The maximum absolute atomic E-state index is 12.5. The van der Waals surface area contributed by atoms with Gasteiger partial charge in [0.1, 0.15) is 22.0 Å². The van der Waals surface area contributed by atoms with E-state index in [2.05, 4.69) is 4.72 Å². The molecular weight excluding hydrogens is 442 g/mol. The van der Waals surface area contributed by atoms with Crippen LogP contribution in [0, 0.1) is 0 Å². The highest BCUT2D eigenvalue weighted by atomic mass is 32.2. The Balaban J connectivity index is 1.77. The van der Waals surface area contributed by atoms with Gasteiger partial charge in [-0.1, -0.05) is 30.3 Å². The van der Waals surface area contributed by atoms with Gasteiger partial charge < -0.3 is 14.0 Å². The van der Waals surface area contributed by atoms with Crippen LogP contribution in [0.4, 0.5) is 0 Å². The molecule has 170 valence electrons. The van der Waals surface area contributed by atoms with Crippen LogP contribution in [0.15, 0.2) is 60.0 Å². The third-order valence-corrected chi connectivity index (χ3v) is 7.44. The molecule has 0 amide bonds. The molecule has 0 bridgehead atoms. The van der Waals surface area contributed by atoms with Crippen LogP contribution in [0.2, 0.25) is 0 Å². The Bertz CT molecular complexity index is 1040. The quantitative estimate of drug-likeness (QED) is 0.327. The number of carbonyl (C=O) groups is 1. The molecule has 0 aliphatic heterocycles. The first kappa shape index (κ1) is 24.3. The SMILES string of the molecule is COc1cc(-c2csc(C(=O)OCc3ccccc3)c2)cc([C@@H](C)N[S@@+]([O-])C(C)(C)C)c1. The van der Waals surface area contributed by atoms with Crippen molar-refractivity contribution >= 4 is 28.7 Å². The molecular formula is C25H29NO4S2. The fourth-order valence-corrected chi connectivity index (χ4v) is 4.57. The summed E-state index contributed by atoms with van der Waals surface area (Å²) in [6.45, 7) is 8.02. The standard InChI is InChI=1S/C25H29NO4S2/c1-17(26-32(28)25(2,3)4)19-11-20(13-22(12-19)29-5)21-14-23(31-16-21)24(27)30-15-18-9-7-6-8-10-18/h6-14,16-17,26H,15H2,1-5H3/t17-,32+/m1/s1. The summed E-state index contributed by atoms with van der Waals surface area (Å²) >= 11 is 0.152. The lowest BCUT2D eigenvalue weighted by molar-refractivity contribution is 0.0478. The Morgan fingerprint density at radius 2 is 1.84 bits per heavy atom. The number of rotatable bonds is 8. The highest BCUT2D eigenvalue weighted by Gasteiger charge is 2.28. The molecule has 1 N–H and O–H groups in total. The molecule has 0 aliphatic rings. The highest BCUT2D eigenvalue weighted by molar-refractivity contribution is 7.90. The molecule has 1 heterocycles. The Morgan fingerprint density at radius 3 is 2.50 bits per heavy atom. The number of esters is 1. The smallest absolute Gasteiger partial charge is 0.348 e. The molecule has 1 aromatic heterocycles. The Hall–Kier alpha value is -2.32. The maximum atomic E-state index is 12.5. The van der Waals surface area contributed by atoms with Gasteiger partial charge in [-0.15, -0.1) is 16.1 Å². The average molecular weight is 472 g/mol. The summed E-state index contributed by atoms with van der Waals surface area (Å²) in [5.41, 5.74) is 3.74. The molecule has 0 saturated heterocycles. The molecule has 2 atom stereocenters. The average Bonchev–Trinajstić information content (AvgIpc) is 3.27. The van der Waals surface area contributed by atoms with Crippen molar-refractivity contribution in [3.05, 3.63) is 76.0 Å². The number of hydrogen-bond donors (Lipinski definition) is 1. The van der Waals surface area contributed by atoms with Gasteiger partial charge in [-0.05, 0) is 79.6 Å². The maximum Gasteiger partial charge on any atom is 0.348 e. The predicted molar refractivity (Wildman–Crippen MR) is 131 cm³/mol. The van der Waals surface area contributed by atoms with Gasteiger partial charge in [0.2, 0.25) is 0 Å². The van der Waals surface area contributed by atoms with E-state index in [-0.39, 0.29) is 23.4 Å². The number of hydrogen-bond acceptors (Lipinski definition) is 6. The van der Waals surface area contributed by atoms with Crippen LogP contribution in [-0.2, 0) is 22.7 Å². The minimum Gasteiger partial charge on any atom is -0.598 e. The summed E-state index contributed by atoms with van der Waals surface area (Å²) in [6, 6.07) is 17.2. The van der Waals surface area contributed by atoms with Crippen molar-refractivity contribution in [2.24, 2.45) is 0 Å².